The Morgan fingerprint density at radius 1 is 1.28 bits per heavy atom. The molecule has 1 aromatic rings. The average molecular weight is 247 g/mol. The highest BCUT2D eigenvalue weighted by Gasteiger charge is 2.34. The lowest BCUT2D eigenvalue weighted by Gasteiger charge is -2.34. The van der Waals surface area contributed by atoms with Gasteiger partial charge < -0.3 is 4.74 Å². The number of aromatic nitrogens is 2. The first kappa shape index (κ1) is 12.1. The Kier molecular flexibility index (Phi) is 3.57. The molecule has 4 heteroatoms. The van der Waals surface area contributed by atoms with E-state index in [0.29, 0.717) is 12.1 Å². The van der Waals surface area contributed by atoms with E-state index in [2.05, 4.69) is 14.9 Å². The molecule has 0 N–H and O–H groups in total. The third-order valence-corrected chi connectivity index (χ3v) is 4.07. The van der Waals surface area contributed by atoms with Gasteiger partial charge >= 0.3 is 0 Å². The zero-order chi connectivity index (χ0) is 12.4. The minimum Gasteiger partial charge on any atom is -0.381 e. The van der Waals surface area contributed by atoms with E-state index in [4.69, 9.17) is 4.74 Å². The molecule has 18 heavy (non-hydrogen) atoms. The molecule has 1 aromatic heterocycles. The average Bonchev–Trinajstić information content (AvgIpc) is 2.89. The summed E-state index contributed by atoms with van der Waals surface area (Å²) < 4.78 is 5.46. The Hall–Kier alpha value is -1.00. The van der Waals surface area contributed by atoms with Crippen molar-refractivity contribution in [2.45, 2.75) is 44.7 Å². The molecular formula is C14H21N3O. The van der Waals surface area contributed by atoms with Crippen LogP contribution < -0.4 is 0 Å². The summed E-state index contributed by atoms with van der Waals surface area (Å²) in [4.78, 5) is 11.7. The van der Waals surface area contributed by atoms with Gasteiger partial charge in [-0.15, -0.1) is 0 Å². The molecule has 0 unspecified atom stereocenters. The summed E-state index contributed by atoms with van der Waals surface area (Å²) in [6.07, 6.45) is 6.66. The van der Waals surface area contributed by atoms with Crippen molar-refractivity contribution in [1.82, 2.24) is 14.9 Å². The van der Waals surface area contributed by atoms with Crippen LogP contribution in [0, 0.1) is 6.92 Å². The van der Waals surface area contributed by atoms with Crippen LogP contribution in [0.15, 0.2) is 12.3 Å². The van der Waals surface area contributed by atoms with Crippen LogP contribution in [0.2, 0.25) is 0 Å². The highest BCUT2D eigenvalue weighted by atomic mass is 16.5. The van der Waals surface area contributed by atoms with Gasteiger partial charge in [0.15, 0.2) is 0 Å². The Morgan fingerprint density at radius 2 is 2.11 bits per heavy atom. The topological polar surface area (TPSA) is 38.2 Å². The van der Waals surface area contributed by atoms with Gasteiger partial charge in [0.05, 0.1) is 6.04 Å². The number of likely N-dealkylation sites (tertiary alicyclic amines) is 1. The van der Waals surface area contributed by atoms with Crippen LogP contribution >= 0.6 is 0 Å². The van der Waals surface area contributed by atoms with Crippen molar-refractivity contribution >= 4 is 0 Å². The second kappa shape index (κ2) is 5.33. The van der Waals surface area contributed by atoms with Gasteiger partial charge in [-0.05, 0) is 45.2 Å². The van der Waals surface area contributed by atoms with Gasteiger partial charge in [-0.2, -0.15) is 0 Å². The summed E-state index contributed by atoms with van der Waals surface area (Å²) in [5.41, 5.74) is 1.07. The summed E-state index contributed by atoms with van der Waals surface area (Å²) in [5, 5.41) is 0. The maximum Gasteiger partial charge on any atom is 0.145 e. The van der Waals surface area contributed by atoms with E-state index in [9.17, 15) is 0 Å². The Bertz CT molecular complexity index is 404. The van der Waals surface area contributed by atoms with E-state index in [1.54, 1.807) is 0 Å². The monoisotopic (exact) mass is 247 g/mol. The van der Waals surface area contributed by atoms with Crippen LogP contribution in [-0.2, 0) is 4.74 Å². The number of rotatable bonds is 2. The van der Waals surface area contributed by atoms with E-state index < -0.39 is 0 Å². The van der Waals surface area contributed by atoms with Gasteiger partial charge in [-0.25, -0.2) is 9.97 Å². The molecule has 98 valence electrons. The van der Waals surface area contributed by atoms with E-state index >= 15 is 0 Å². The van der Waals surface area contributed by atoms with E-state index in [1.807, 2.05) is 19.2 Å². The zero-order valence-electron chi connectivity index (χ0n) is 11.0. The second-order valence-electron chi connectivity index (χ2n) is 5.30. The van der Waals surface area contributed by atoms with E-state index in [-0.39, 0.29) is 0 Å². The summed E-state index contributed by atoms with van der Waals surface area (Å²) in [6.45, 7) is 5.04. The molecule has 4 nitrogen and oxygen atoms in total. The first-order chi connectivity index (χ1) is 8.84. The van der Waals surface area contributed by atoms with Crippen LogP contribution in [0.25, 0.3) is 0 Å². The highest BCUT2D eigenvalue weighted by molar-refractivity contribution is 5.06. The maximum absolute atomic E-state index is 5.46. The standard InChI is InChI=1S/C14H21N3O/c1-11-4-7-15-14(16-11)13-3-2-8-17(13)12-5-9-18-10-6-12/h4,7,12-13H,2-3,5-6,8-10H2,1H3/t13-/m0/s1. The van der Waals surface area contributed by atoms with Gasteiger partial charge in [0.2, 0.25) is 0 Å². The number of hydrogen-bond acceptors (Lipinski definition) is 4. The van der Waals surface area contributed by atoms with Crippen molar-refractivity contribution in [2.75, 3.05) is 19.8 Å². The number of hydrogen-bond donors (Lipinski definition) is 0. The molecular weight excluding hydrogens is 226 g/mol. The Balaban J connectivity index is 1.78. The summed E-state index contributed by atoms with van der Waals surface area (Å²) in [7, 11) is 0. The van der Waals surface area contributed by atoms with Crippen LogP contribution in [0.1, 0.15) is 43.2 Å². The minimum atomic E-state index is 0.424. The molecule has 0 aliphatic carbocycles. The minimum absolute atomic E-state index is 0.424. The van der Waals surface area contributed by atoms with Crippen molar-refractivity contribution in [3.8, 4) is 0 Å². The SMILES string of the molecule is Cc1ccnc([C@@H]2CCCN2C2CCOCC2)n1. The normalized spacial score (nSPS) is 26.6. The Morgan fingerprint density at radius 3 is 2.89 bits per heavy atom. The third-order valence-electron chi connectivity index (χ3n) is 4.07. The molecule has 3 rings (SSSR count). The largest absolute Gasteiger partial charge is 0.381 e. The molecule has 0 amide bonds. The third kappa shape index (κ3) is 2.40. The smallest absolute Gasteiger partial charge is 0.145 e. The number of ether oxygens (including phenoxy) is 1. The van der Waals surface area contributed by atoms with Crippen molar-refractivity contribution < 1.29 is 4.74 Å². The lowest BCUT2D eigenvalue weighted by atomic mass is 10.1. The molecule has 1 atom stereocenters. The maximum atomic E-state index is 5.46. The molecule has 2 fully saturated rings. The predicted octanol–water partition coefficient (Wildman–Crippen LogP) is 2.10. The fourth-order valence-electron chi connectivity index (χ4n) is 3.15. The molecule has 0 bridgehead atoms. The molecule has 2 saturated heterocycles. The lowest BCUT2D eigenvalue weighted by molar-refractivity contribution is 0.0278. The van der Waals surface area contributed by atoms with Crippen LogP contribution in [0.4, 0.5) is 0 Å². The number of aryl methyl sites for hydroxylation is 1. The van der Waals surface area contributed by atoms with E-state index in [1.165, 1.54) is 19.4 Å². The zero-order valence-corrected chi connectivity index (χ0v) is 11.0. The van der Waals surface area contributed by atoms with Gasteiger partial charge in [0.25, 0.3) is 0 Å². The van der Waals surface area contributed by atoms with Crippen LogP contribution in [-0.4, -0.2) is 40.7 Å². The van der Waals surface area contributed by atoms with Gasteiger partial charge in [-0.3, -0.25) is 4.90 Å². The van der Waals surface area contributed by atoms with Crippen molar-refractivity contribution in [2.24, 2.45) is 0 Å². The van der Waals surface area contributed by atoms with Crippen LogP contribution in [0.3, 0.4) is 0 Å². The summed E-state index contributed by atoms with van der Waals surface area (Å²) in [5.74, 6) is 1.01. The molecule has 0 radical (unpaired) electrons. The van der Waals surface area contributed by atoms with Crippen LogP contribution in [0.5, 0.6) is 0 Å². The fourth-order valence-corrected chi connectivity index (χ4v) is 3.15. The predicted molar refractivity (Wildman–Crippen MR) is 69.3 cm³/mol. The number of nitrogens with zero attached hydrogens (tertiary/aromatic N) is 3. The fraction of sp³-hybridized carbons (Fsp3) is 0.714. The molecule has 2 aliphatic rings. The molecule has 0 spiro atoms. The second-order valence-corrected chi connectivity index (χ2v) is 5.30. The van der Waals surface area contributed by atoms with Gasteiger partial charge in [-0.1, -0.05) is 0 Å². The van der Waals surface area contributed by atoms with Gasteiger partial charge in [0, 0.05) is 31.1 Å². The summed E-state index contributed by atoms with van der Waals surface area (Å²) >= 11 is 0. The molecule has 0 aromatic carbocycles. The highest BCUT2D eigenvalue weighted by Crippen LogP contribution is 2.34. The van der Waals surface area contributed by atoms with Gasteiger partial charge in [0.1, 0.15) is 5.82 Å². The summed E-state index contributed by atoms with van der Waals surface area (Å²) in [6, 6.07) is 3.06. The van der Waals surface area contributed by atoms with E-state index in [0.717, 1.165) is 37.6 Å². The molecule has 3 heterocycles. The Labute approximate surface area is 108 Å². The molecule has 0 saturated carbocycles. The first-order valence-electron chi connectivity index (χ1n) is 6.97. The first-order valence-corrected chi connectivity index (χ1v) is 6.97. The lowest BCUT2D eigenvalue weighted by Crippen LogP contribution is -2.39. The van der Waals surface area contributed by atoms with Crippen molar-refractivity contribution in [3.05, 3.63) is 23.8 Å². The molecule has 2 aliphatic heterocycles. The quantitative estimate of drug-likeness (QED) is 0.802. The van der Waals surface area contributed by atoms with Crippen molar-refractivity contribution in [1.29, 1.82) is 0 Å². The van der Waals surface area contributed by atoms with Crippen molar-refractivity contribution in [3.63, 3.8) is 0 Å².